The molecule has 9 heteroatoms. The Hall–Kier alpha value is -2.82. The summed E-state index contributed by atoms with van der Waals surface area (Å²) in [5.74, 6) is 0.126. The first-order chi connectivity index (χ1) is 20.4. The van der Waals surface area contributed by atoms with Crippen LogP contribution in [0.4, 0.5) is 5.69 Å². The normalized spacial score (nSPS) is 18.8. The van der Waals surface area contributed by atoms with E-state index < -0.39 is 5.60 Å². The van der Waals surface area contributed by atoms with E-state index in [-0.39, 0.29) is 5.92 Å². The smallest absolute Gasteiger partial charge is 0.123 e. The van der Waals surface area contributed by atoms with E-state index in [2.05, 4.69) is 74.0 Å². The first-order valence-electron chi connectivity index (χ1n) is 15.6. The minimum Gasteiger partial charge on any atom is -0.388 e. The predicted molar refractivity (Wildman–Crippen MR) is 172 cm³/mol. The van der Waals surface area contributed by atoms with Crippen molar-refractivity contribution in [1.29, 1.82) is 0 Å². The number of nitrogens with one attached hydrogen (secondary N) is 1. The van der Waals surface area contributed by atoms with Crippen LogP contribution in [0.3, 0.4) is 0 Å². The predicted octanol–water partition coefficient (Wildman–Crippen LogP) is 2.94. The summed E-state index contributed by atoms with van der Waals surface area (Å²) < 4.78 is 2.11. The summed E-state index contributed by atoms with van der Waals surface area (Å²) in [6, 6.07) is 16.5. The summed E-state index contributed by atoms with van der Waals surface area (Å²) in [4.78, 5) is 22.5. The third-order valence-electron chi connectivity index (χ3n) is 8.67. The molecule has 2 aromatic carbocycles. The highest BCUT2D eigenvalue weighted by molar-refractivity contribution is 5.79. The average molecular weight is 578 g/mol. The fourth-order valence-corrected chi connectivity index (χ4v) is 5.75. The zero-order valence-corrected chi connectivity index (χ0v) is 25.6. The summed E-state index contributed by atoms with van der Waals surface area (Å²) in [6.07, 6.45) is 7.21. The van der Waals surface area contributed by atoms with Gasteiger partial charge in [0.1, 0.15) is 6.29 Å². The summed E-state index contributed by atoms with van der Waals surface area (Å²) in [7, 11) is 4.31. The van der Waals surface area contributed by atoms with Gasteiger partial charge in [0.05, 0.1) is 29.5 Å². The van der Waals surface area contributed by atoms with Crippen molar-refractivity contribution in [1.82, 2.24) is 24.3 Å². The van der Waals surface area contributed by atoms with Crippen LogP contribution in [0.5, 0.6) is 0 Å². The van der Waals surface area contributed by atoms with Gasteiger partial charge in [0.2, 0.25) is 0 Å². The molecular weight excluding hydrogens is 526 g/mol. The van der Waals surface area contributed by atoms with Crippen LogP contribution >= 0.6 is 0 Å². The maximum atomic E-state index is 10.9. The largest absolute Gasteiger partial charge is 0.388 e. The summed E-state index contributed by atoms with van der Waals surface area (Å²) in [6.45, 7) is 9.82. The number of aliphatic hydroxyl groups is 1. The van der Waals surface area contributed by atoms with Crippen molar-refractivity contribution < 1.29 is 9.90 Å². The number of nitrogens with zero attached hydrogens (tertiary/aromatic N) is 5. The number of piperidine rings is 1. The van der Waals surface area contributed by atoms with E-state index in [1.54, 1.807) is 0 Å². The number of likely N-dealkylation sites (tertiary alicyclic amines) is 1. The van der Waals surface area contributed by atoms with Crippen LogP contribution in [0.25, 0.3) is 11.0 Å². The quantitative estimate of drug-likeness (QED) is 0.283. The number of benzene rings is 2. The Bertz CT molecular complexity index is 1200. The molecule has 1 aromatic heterocycles. The van der Waals surface area contributed by atoms with E-state index in [0.29, 0.717) is 13.1 Å². The lowest BCUT2D eigenvalue weighted by Gasteiger charge is -2.36. The molecule has 3 aromatic rings. The number of nitrogens with two attached hydrogens (primary N) is 1. The zero-order chi connectivity index (χ0) is 29.8. The molecule has 2 aliphatic rings. The van der Waals surface area contributed by atoms with Crippen molar-refractivity contribution in [3.05, 3.63) is 60.4 Å². The van der Waals surface area contributed by atoms with Crippen molar-refractivity contribution in [3.63, 3.8) is 0 Å². The molecule has 0 spiro atoms. The van der Waals surface area contributed by atoms with Crippen LogP contribution in [-0.4, -0.2) is 114 Å². The second kappa shape index (κ2) is 16.1. The van der Waals surface area contributed by atoms with Crippen molar-refractivity contribution >= 4 is 23.0 Å². The fraction of sp³-hybridized carbons (Fsp3) is 0.576. The number of rotatable bonds is 12. The van der Waals surface area contributed by atoms with E-state index in [9.17, 15) is 9.90 Å². The Balaban J connectivity index is 0.000000244. The van der Waals surface area contributed by atoms with Crippen molar-refractivity contribution in [3.8, 4) is 0 Å². The minimum absolute atomic E-state index is 0.126. The monoisotopic (exact) mass is 577 g/mol. The first-order valence-corrected chi connectivity index (χ1v) is 15.6. The van der Waals surface area contributed by atoms with Gasteiger partial charge in [0.15, 0.2) is 0 Å². The molecule has 4 N–H and O–H groups in total. The summed E-state index contributed by atoms with van der Waals surface area (Å²) in [5, 5.41) is 14.5. The van der Waals surface area contributed by atoms with E-state index in [1.165, 1.54) is 5.56 Å². The van der Waals surface area contributed by atoms with Crippen LogP contribution in [0.1, 0.15) is 31.2 Å². The van der Waals surface area contributed by atoms with E-state index in [1.807, 2.05) is 24.5 Å². The lowest BCUT2D eigenvalue weighted by atomic mass is 9.91. The standard InChI is InChI=1S/C21H34N6O.C12H17NO/c1-24-8-5-21(28,6-9-24)16-27-17-23-19-15-18(3-4-20(19)27)22-7-10-26-13-11-25(2)12-14-26;13-8-4-7-12(10-14)9-11-5-2-1-3-6-11/h3-4,15,17,22,28H,5-14,16H2,1-2H3;1-3,5-6,10,12H,4,7-9,13H2. The second-order valence-electron chi connectivity index (χ2n) is 12.2. The van der Waals surface area contributed by atoms with Crippen LogP contribution < -0.4 is 11.1 Å². The van der Waals surface area contributed by atoms with Crippen molar-refractivity contribution in [2.45, 2.75) is 44.2 Å². The van der Waals surface area contributed by atoms with E-state index >= 15 is 0 Å². The van der Waals surface area contributed by atoms with Crippen LogP contribution in [0.15, 0.2) is 54.9 Å². The minimum atomic E-state index is -0.625. The number of aldehydes is 1. The molecule has 0 saturated carbocycles. The molecule has 0 radical (unpaired) electrons. The lowest BCUT2D eigenvalue weighted by Crippen LogP contribution is -2.45. The number of carbonyl (C=O) groups excluding carboxylic acids is 1. The first kappa shape index (κ1) is 32.1. The van der Waals surface area contributed by atoms with Gasteiger partial charge in [-0.1, -0.05) is 30.3 Å². The Morgan fingerprint density at radius 1 is 1.02 bits per heavy atom. The number of imidazole rings is 1. The Morgan fingerprint density at radius 2 is 1.74 bits per heavy atom. The van der Waals surface area contributed by atoms with Gasteiger partial charge in [-0.3, -0.25) is 4.90 Å². The molecule has 3 heterocycles. The summed E-state index contributed by atoms with van der Waals surface area (Å²) in [5.41, 5.74) is 9.20. The molecular formula is C33H51N7O2. The molecule has 2 aliphatic heterocycles. The highest BCUT2D eigenvalue weighted by Crippen LogP contribution is 2.26. The summed E-state index contributed by atoms with van der Waals surface area (Å²) >= 11 is 0. The van der Waals surface area contributed by atoms with Crippen LogP contribution in [-0.2, 0) is 17.8 Å². The number of hydrogen-bond donors (Lipinski definition) is 3. The Labute approximate surface area is 251 Å². The molecule has 42 heavy (non-hydrogen) atoms. The van der Waals surface area contributed by atoms with Gasteiger partial charge < -0.3 is 35.3 Å². The number of anilines is 1. The second-order valence-corrected chi connectivity index (χ2v) is 12.2. The van der Waals surface area contributed by atoms with Gasteiger partial charge in [0.25, 0.3) is 0 Å². The number of likely N-dealkylation sites (N-methyl/N-ethyl adjacent to an activating group) is 1. The zero-order valence-electron chi connectivity index (χ0n) is 25.6. The van der Waals surface area contributed by atoms with Gasteiger partial charge in [0, 0.05) is 64.0 Å². The van der Waals surface area contributed by atoms with E-state index in [0.717, 1.165) is 107 Å². The van der Waals surface area contributed by atoms with Gasteiger partial charge in [-0.05, 0) is 76.5 Å². The fourth-order valence-electron chi connectivity index (χ4n) is 5.75. The van der Waals surface area contributed by atoms with Crippen molar-refractivity contribution in [2.75, 3.05) is 78.3 Å². The number of aromatic nitrogens is 2. The maximum Gasteiger partial charge on any atom is 0.123 e. The number of piperazine rings is 1. The molecule has 2 fully saturated rings. The maximum absolute atomic E-state index is 10.9. The van der Waals surface area contributed by atoms with Gasteiger partial charge in [-0.2, -0.15) is 0 Å². The highest BCUT2D eigenvalue weighted by Gasteiger charge is 2.31. The molecule has 9 nitrogen and oxygen atoms in total. The topological polar surface area (TPSA) is 103 Å². The van der Waals surface area contributed by atoms with Crippen LogP contribution in [0.2, 0.25) is 0 Å². The third kappa shape index (κ3) is 9.88. The molecule has 1 atom stereocenters. The number of fused-ring (bicyclic) bond motifs is 1. The molecule has 5 rings (SSSR count). The average Bonchev–Trinajstić information content (AvgIpc) is 3.40. The van der Waals surface area contributed by atoms with Gasteiger partial charge in [-0.25, -0.2) is 4.98 Å². The molecule has 2 saturated heterocycles. The lowest BCUT2D eigenvalue weighted by molar-refractivity contribution is -0.111. The molecule has 0 amide bonds. The molecule has 0 bridgehead atoms. The SMILES string of the molecule is CN1CCN(CCNc2ccc3c(c2)ncn3CC2(O)CCN(C)CC2)CC1.NCCCC(C=O)Cc1ccccc1. The highest BCUT2D eigenvalue weighted by atomic mass is 16.3. The molecule has 1 unspecified atom stereocenters. The molecule has 0 aliphatic carbocycles. The Morgan fingerprint density at radius 3 is 2.43 bits per heavy atom. The van der Waals surface area contributed by atoms with Crippen molar-refractivity contribution in [2.24, 2.45) is 11.7 Å². The van der Waals surface area contributed by atoms with E-state index in [4.69, 9.17) is 5.73 Å². The Kier molecular flexibility index (Phi) is 12.3. The van der Waals surface area contributed by atoms with Gasteiger partial charge >= 0.3 is 0 Å². The van der Waals surface area contributed by atoms with Gasteiger partial charge in [-0.15, -0.1) is 0 Å². The number of carbonyl (C=O) groups is 1. The molecule has 230 valence electrons. The number of hydrogen-bond acceptors (Lipinski definition) is 8. The third-order valence-corrected chi connectivity index (χ3v) is 8.67. The van der Waals surface area contributed by atoms with Crippen LogP contribution in [0, 0.1) is 5.92 Å².